The van der Waals surface area contributed by atoms with Crippen LogP contribution in [0.1, 0.15) is 51.9 Å². The van der Waals surface area contributed by atoms with E-state index in [0.29, 0.717) is 0 Å². The molecule has 4 heteroatoms. The zero-order chi connectivity index (χ0) is 13.2. The molecule has 1 heterocycles. The lowest BCUT2D eigenvalue weighted by atomic mass is 10.1. The fourth-order valence-corrected chi connectivity index (χ4v) is 2.32. The summed E-state index contributed by atoms with van der Waals surface area (Å²) in [5.74, 6) is 0.128. The maximum absolute atomic E-state index is 11.8. The summed E-state index contributed by atoms with van der Waals surface area (Å²) in [5, 5.41) is 6.19. The average molecular weight is 256 g/mol. The lowest BCUT2D eigenvalue weighted by Crippen LogP contribution is -2.40. The van der Waals surface area contributed by atoms with Crippen LogP contribution in [0.3, 0.4) is 0 Å². The maximum Gasteiger partial charge on any atom is 0.237 e. The van der Waals surface area contributed by atoms with Crippen molar-refractivity contribution in [1.29, 1.82) is 0 Å². The minimum absolute atomic E-state index is 0.0601. The third-order valence-electron chi connectivity index (χ3n) is 3.57. The lowest BCUT2D eigenvalue weighted by molar-refractivity contribution is -0.122. The fourth-order valence-electron chi connectivity index (χ4n) is 2.32. The van der Waals surface area contributed by atoms with Crippen molar-refractivity contribution in [3.05, 3.63) is 0 Å². The molecule has 2 atom stereocenters. The molecule has 106 valence electrons. The molecule has 1 amide bonds. The van der Waals surface area contributed by atoms with E-state index >= 15 is 0 Å². The number of methoxy groups -OCH3 is 1. The molecule has 0 aromatic heterocycles. The smallest absolute Gasteiger partial charge is 0.237 e. The summed E-state index contributed by atoms with van der Waals surface area (Å²) < 4.78 is 5.23. The highest BCUT2D eigenvalue weighted by molar-refractivity contribution is 5.82. The van der Waals surface area contributed by atoms with Crippen molar-refractivity contribution >= 4 is 5.91 Å². The first-order chi connectivity index (χ1) is 8.77. The molecule has 2 unspecified atom stereocenters. The van der Waals surface area contributed by atoms with Crippen LogP contribution in [0.15, 0.2) is 0 Å². The number of nitrogens with one attached hydrogen (secondary N) is 2. The normalized spacial score (nSPS) is 23.2. The van der Waals surface area contributed by atoms with Crippen molar-refractivity contribution in [2.75, 3.05) is 20.2 Å². The second-order valence-electron chi connectivity index (χ2n) is 5.11. The van der Waals surface area contributed by atoms with Crippen molar-refractivity contribution < 1.29 is 9.53 Å². The van der Waals surface area contributed by atoms with Gasteiger partial charge in [0.2, 0.25) is 5.91 Å². The molecule has 4 nitrogen and oxygen atoms in total. The largest absolute Gasteiger partial charge is 0.380 e. The van der Waals surface area contributed by atoms with Gasteiger partial charge >= 0.3 is 0 Å². The molecular formula is C14H28N2O2. The van der Waals surface area contributed by atoms with Gasteiger partial charge in [0.25, 0.3) is 0 Å². The van der Waals surface area contributed by atoms with E-state index in [-0.39, 0.29) is 18.1 Å². The summed E-state index contributed by atoms with van der Waals surface area (Å²) >= 11 is 0. The molecule has 0 saturated carbocycles. The summed E-state index contributed by atoms with van der Waals surface area (Å²) in [7, 11) is 1.70. The van der Waals surface area contributed by atoms with E-state index in [1.54, 1.807) is 7.11 Å². The minimum Gasteiger partial charge on any atom is -0.380 e. The number of ether oxygens (including phenoxy) is 1. The number of amides is 1. The average Bonchev–Trinajstić information content (AvgIpc) is 2.86. The van der Waals surface area contributed by atoms with Crippen LogP contribution in [0.5, 0.6) is 0 Å². The van der Waals surface area contributed by atoms with E-state index < -0.39 is 0 Å². The molecule has 0 aliphatic carbocycles. The predicted octanol–water partition coefficient (Wildman–Crippen LogP) is 1.84. The lowest BCUT2D eigenvalue weighted by Gasteiger charge is -2.11. The minimum atomic E-state index is -0.0601. The summed E-state index contributed by atoms with van der Waals surface area (Å²) in [6, 6.07) is -0.0601. The maximum atomic E-state index is 11.8. The predicted molar refractivity (Wildman–Crippen MR) is 73.6 cm³/mol. The van der Waals surface area contributed by atoms with E-state index in [1.165, 1.54) is 32.1 Å². The molecule has 0 aromatic carbocycles. The van der Waals surface area contributed by atoms with E-state index in [0.717, 1.165) is 25.9 Å². The Labute approximate surface area is 111 Å². The molecule has 0 radical (unpaired) electrons. The molecule has 0 aromatic rings. The standard InChI is InChI=1S/C14H28N2O2/c1-3-4-5-6-7-8-9-15-14(17)13-10-12(18-2)11-16-13/h12-13,16H,3-11H2,1-2H3,(H,15,17). The van der Waals surface area contributed by atoms with Crippen LogP contribution in [0, 0.1) is 0 Å². The SMILES string of the molecule is CCCCCCCCNC(=O)C1CC(OC)CN1. The van der Waals surface area contributed by atoms with Crippen LogP contribution in [0.2, 0.25) is 0 Å². The Bertz CT molecular complexity index is 234. The Balaban J connectivity index is 1.97. The highest BCUT2D eigenvalue weighted by Crippen LogP contribution is 2.09. The van der Waals surface area contributed by atoms with Gasteiger partial charge in [0.1, 0.15) is 0 Å². The van der Waals surface area contributed by atoms with Crippen LogP contribution in [-0.4, -0.2) is 38.3 Å². The number of carbonyl (C=O) groups excluding carboxylic acids is 1. The number of rotatable bonds is 9. The van der Waals surface area contributed by atoms with Gasteiger partial charge in [0.05, 0.1) is 12.1 Å². The van der Waals surface area contributed by atoms with Gasteiger partial charge in [0.15, 0.2) is 0 Å². The molecule has 0 spiro atoms. The van der Waals surface area contributed by atoms with Gasteiger partial charge in [-0.25, -0.2) is 0 Å². The molecule has 18 heavy (non-hydrogen) atoms. The van der Waals surface area contributed by atoms with Crippen LogP contribution in [0.4, 0.5) is 0 Å². The van der Waals surface area contributed by atoms with Crippen LogP contribution in [-0.2, 0) is 9.53 Å². The van der Waals surface area contributed by atoms with Crippen molar-refractivity contribution in [3.63, 3.8) is 0 Å². The monoisotopic (exact) mass is 256 g/mol. The molecule has 2 N–H and O–H groups in total. The van der Waals surface area contributed by atoms with Gasteiger partial charge in [-0.15, -0.1) is 0 Å². The van der Waals surface area contributed by atoms with E-state index in [4.69, 9.17) is 4.74 Å². The number of hydrogen-bond acceptors (Lipinski definition) is 3. The van der Waals surface area contributed by atoms with Crippen molar-refractivity contribution in [2.45, 2.75) is 64.0 Å². The van der Waals surface area contributed by atoms with Crippen LogP contribution < -0.4 is 10.6 Å². The highest BCUT2D eigenvalue weighted by atomic mass is 16.5. The first-order valence-corrected chi connectivity index (χ1v) is 7.31. The molecule has 1 saturated heterocycles. The summed E-state index contributed by atoms with van der Waals surface area (Å²) in [6.45, 7) is 3.81. The van der Waals surface area contributed by atoms with Crippen LogP contribution in [0.25, 0.3) is 0 Å². The van der Waals surface area contributed by atoms with Crippen molar-refractivity contribution in [1.82, 2.24) is 10.6 Å². The van der Waals surface area contributed by atoms with E-state index in [1.807, 2.05) is 0 Å². The zero-order valence-electron chi connectivity index (χ0n) is 11.8. The third-order valence-corrected chi connectivity index (χ3v) is 3.57. The Morgan fingerprint density at radius 1 is 1.28 bits per heavy atom. The van der Waals surface area contributed by atoms with Gasteiger partial charge in [-0.3, -0.25) is 4.79 Å². The van der Waals surface area contributed by atoms with Gasteiger partial charge in [0, 0.05) is 20.2 Å². The summed E-state index contributed by atoms with van der Waals surface area (Å²) in [4.78, 5) is 11.8. The first-order valence-electron chi connectivity index (χ1n) is 7.31. The van der Waals surface area contributed by atoms with Crippen molar-refractivity contribution in [3.8, 4) is 0 Å². The van der Waals surface area contributed by atoms with Gasteiger partial charge in [-0.05, 0) is 12.8 Å². The third kappa shape index (κ3) is 5.83. The molecular weight excluding hydrogens is 228 g/mol. The molecule has 1 aliphatic rings. The molecule has 0 bridgehead atoms. The van der Waals surface area contributed by atoms with Gasteiger partial charge < -0.3 is 15.4 Å². The first kappa shape index (κ1) is 15.4. The quantitative estimate of drug-likeness (QED) is 0.619. The highest BCUT2D eigenvalue weighted by Gasteiger charge is 2.28. The summed E-state index contributed by atoms with van der Waals surface area (Å²) in [5.41, 5.74) is 0. The van der Waals surface area contributed by atoms with E-state index in [2.05, 4.69) is 17.6 Å². The van der Waals surface area contributed by atoms with Gasteiger partial charge in [-0.1, -0.05) is 39.0 Å². The topological polar surface area (TPSA) is 50.4 Å². The Morgan fingerprint density at radius 2 is 2.00 bits per heavy atom. The second kappa shape index (κ2) is 9.34. The Kier molecular flexibility index (Phi) is 8.01. The van der Waals surface area contributed by atoms with Crippen molar-refractivity contribution in [2.24, 2.45) is 0 Å². The fraction of sp³-hybridized carbons (Fsp3) is 0.929. The van der Waals surface area contributed by atoms with E-state index in [9.17, 15) is 4.79 Å². The Hall–Kier alpha value is -0.610. The van der Waals surface area contributed by atoms with Crippen LogP contribution >= 0.6 is 0 Å². The number of unbranched alkanes of at least 4 members (excludes halogenated alkanes) is 5. The second-order valence-corrected chi connectivity index (χ2v) is 5.11. The Morgan fingerprint density at radius 3 is 2.67 bits per heavy atom. The summed E-state index contributed by atoms with van der Waals surface area (Å²) in [6.07, 6.45) is 8.52. The number of carbonyl (C=O) groups is 1. The van der Waals surface area contributed by atoms with Gasteiger partial charge in [-0.2, -0.15) is 0 Å². The molecule has 1 aliphatic heterocycles. The number of hydrogen-bond donors (Lipinski definition) is 2. The zero-order valence-corrected chi connectivity index (χ0v) is 11.8. The molecule has 1 fully saturated rings. The molecule has 1 rings (SSSR count).